The molecule has 1 aromatic rings. The first kappa shape index (κ1) is 15.3. The predicted octanol–water partition coefficient (Wildman–Crippen LogP) is 3.80. The van der Waals surface area contributed by atoms with E-state index in [2.05, 4.69) is 5.32 Å². The highest BCUT2D eigenvalue weighted by atomic mass is 35.5. The lowest BCUT2D eigenvalue weighted by Crippen LogP contribution is -2.26. The van der Waals surface area contributed by atoms with Gasteiger partial charge in [-0.15, -0.1) is 11.6 Å². The van der Waals surface area contributed by atoms with E-state index in [0.717, 1.165) is 43.7 Å². The number of benzene rings is 1. The molecule has 18 heavy (non-hydrogen) atoms. The Labute approximate surface area is 119 Å². The average molecular weight is 288 g/mol. The molecule has 0 aliphatic rings. The summed E-state index contributed by atoms with van der Waals surface area (Å²) in [5.41, 5.74) is 0.874. The van der Waals surface area contributed by atoms with Crippen LogP contribution in [0.5, 0.6) is 0 Å². The van der Waals surface area contributed by atoms with Crippen LogP contribution in [0.1, 0.15) is 31.2 Å². The van der Waals surface area contributed by atoms with Crippen LogP contribution in [0.3, 0.4) is 0 Å². The quantitative estimate of drug-likeness (QED) is 0.572. The maximum absolute atomic E-state index is 11.7. The molecule has 0 heterocycles. The van der Waals surface area contributed by atoms with Crippen molar-refractivity contribution in [1.82, 2.24) is 5.32 Å². The molecule has 4 heteroatoms. The van der Waals surface area contributed by atoms with E-state index in [1.54, 1.807) is 6.07 Å². The fraction of sp³-hybridized carbons (Fsp3) is 0.500. The Morgan fingerprint density at radius 1 is 1.11 bits per heavy atom. The van der Waals surface area contributed by atoms with Crippen LogP contribution >= 0.6 is 23.2 Å². The summed E-state index contributed by atoms with van der Waals surface area (Å²) in [5.74, 6) is 0.749. The van der Waals surface area contributed by atoms with Crippen molar-refractivity contribution in [2.24, 2.45) is 0 Å². The SMILES string of the molecule is O=C(Cc1ccccc1Cl)NCCCCCCCl. The maximum Gasteiger partial charge on any atom is 0.224 e. The van der Waals surface area contributed by atoms with Gasteiger partial charge in [-0.1, -0.05) is 42.6 Å². The van der Waals surface area contributed by atoms with Crippen molar-refractivity contribution in [2.45, 2.75) is 32.1 Å². The molecule has 0 atom stereocenters. The van der Waals surface area contributed by atoms with E-state index >= 15 is 0 Å². The highest BCUT2D eigenvalue weighted by Gasteiger charge is 2.05. The highest BCUT2D eigenvalue weighted by molar-refractivity contribution is 6.31. The number of halogens is 2. The van der Waals surface area contributed by atoms with Crippen molar-refractivity contribution >= 4 is 29.1 Å². The van der Waals surface area contributed by atoms with Crippen LogP contribution in [0.4, 0.5) is 0 Å². The Kier molecular flexibility index (Phi) is 7.86. The Morgan fingerprint density at radius 3 is 2.56 bits per heavy atom. The van der Waals surface area contributed by atoms with Crippen molar-refractivity contribution in [3.05, 3.63) is 34.9 Å². The van der Waals surface area contributed by atoms with Crippen LogP contribution in [-0.4, -0.2) is 18.3 Å². The second-order valence-corrected chi connectivity index (χ2v) is 5.01. The molecule has 0 saturated carbocycles. The summed E-state index contributed by atoms with van der Waals surface area (Å²) in [6.45, 7) is 0.728. The molecule has 0 aliphatic carbocycles. The third-order valence-electron chi connectivity index (χ3n) is 2.69. The monoisotopic (exact) mass is 287 g/mol. The second kappa shape index (κ2) is 9.23. The average Bonchev–Trinajstić information content (AvgIpc) is 2.36. The highest BCUT2D eigenvalue weighted by Crippen LogP contribution is 2.15. The third-order valence-corrected chi connectivity index (χ3v) is 3.33. The molecule has 0 unspecified atom stereocenters. The van der Waals surface area contributed by atoms with E-state index in [0.29, 0.717) is 11.4 Å². The van der Waals surface area contributed by atoms with E-state index in [4.69, 9.17) is 23.2 Å². The van der Waals surface area contributed by atoms with Crippen LogP contribution in [0, 0.1) is 0 Å². The summed E-state index contributed by atoms with van der Waals surface area (Å²) < 4.78 is 0. The minimum atomic E-state index is 0.0282. The molecular formula is C14H19Cl2NO. The van der Waals surface area contributed by atoms with Gasteiger partial charge < -0.3 is 5.32 Å². The Balaban J connectivity index is 2.16. The lowest BCUT2D eigenvalue weighted by atomic mass is 10.1. The first-order valence-corrected chi connectivity index (χ1v) is 7.21. The zero-order valence-electron chi connectivity index (χ0n) is 10.4. The van der Waals surface area contributed by atoms with Gasteiger partial charge in [-0.3, -0.25) is 4.79 Å². The number of amides is 1. The van der Waals surface area contributed by atoms with Gasteiger partial charge in [0, 0.05) is 17.4 Å². The molecule has 0 bridgehead atoms. The van der Waals surface area contributed by atoms with Gasteiger partial charge >= 0.3 is 0 Å². The molecule has 0 saturated heterocycles. The zero-order chi connectivity index (χ0) is 13.2. The number of hydrogen-bond acceptors (Lipinski definition) is 1. The van der Waals surface area contributed by atoms with Crippen LogP contribution in [0.25, 0.3) is 0 Å². The predicted molar refractivity (Wildman–Crippen MR) is 77.4 cm³/mol. The number of unbranched alkanes of at least 4 members (excludes halogenated alkanes) is 3. The van der Waals surface area contributed by atoms with Gasteiger partial charge in [0.25, 0.3) is 0 Å². The molecule has 0 aromatic heterocycles. The number of carbonyl (C=O) groups excluding carboxylic acids is 1. The van der Waals surface area contributed by atoms with Crippen molar-refractivity contribution in [2.75, 3.05) is 12.4 Å². The largest absolute Gasteiger partial charge is 0.356 e. The van der Waals surface area contributed by atoms with Crippen molar-refractivity contribution in [1.29, 1.82) is 0 Å². The summed E-state index contributed by atoms with van der Waals surface area (Å²) in [7, 11) is 0. The van der Waals surface area contributed by atoms with E-state index in [1.807, 2.05) is 18.2 Å². The standard InChI is InChI=1S/C14H19Cl2NO/c15-9-5-1-2-6-10-17-14(18)11-12-7-3-4-8-13(12)16/h3-4,7-8H,1-2,5-6,9-11H2,(H,17,18). The zero-order valence-corrected chi connectivity index (χ0v) is 11.9. The Hall–Kier alpha value is -0.730. The van der Waals surface area contributed by atoms with E-state index < -0.39 is 0 Å². The lowest BCUT2D eigenvalue weighted by Gasteiger charge is -2.06. The molecule has 0 spiro atoms. The van der Waals surface area contributed by atoms with Gasteiger partial charge in [0.1, 0.15) is 0 Å². The summed E-state index contributed by atoms with van der Waals surface area (Å²) in [6, 6.07) is 7.43. The molecule has 1 rings (SSSR count). The van der Waals surface area contributed by atoms with E-state index in [-0.39, 0.29) is 5.91 Å². The summed E-state index contributed by atoms with van der Waals surface area (Å²) in [4.78, 5) is 11.7. The minimum absolute atomic E-state index is 0.0282. The summed E-state index contributed by atoms with van der Waals surface area (Å²) >= 11 is 11.6. The minimum Gasteiger partial charge on any atom is -0.356 e. The molecule has 1 aromatic carbocycles. The van der Waals surface area contributed by atoms with Crippen LogP contribution in [0.15, 0.2) is 24.3 Å². The first-order chi connectivity index (χ1) is 8.74. The van der Waals surface area contributed by atoms with Gasteiger partial charge in [-0.05, 0) is 24.5 Å². The van der Waals surface area contributed by atoms with Gasteiger partial charge in [0.05, 0.1) is 6.42 Å². The van der Waals surface area contributed by atoms with Gasteiger partial charge in [0.15, 0.2) is 0 Å². The molecule has 100 valence electrons. The van der Waals surface area contributed by atoms with E-state index in [9.17, 15) is 4.79 Å². The maximum atomic E-state index is 11.7. The number of rotatable bonds is 8. The third kappa shape index (κ3) is 6.27. The molecule has 0 fully saturated rings. The number of carbonyl (C=O) groups is 1. The fourth-order valence-corrected chi connectivity index (χ4v) is 2.07. The fourth-order valence-electron chi connectivity index (χ4n) is 1.68. The van der Waals surface area contributed by atoms with Gasteiger partial charge in [0.2, 0.25) is 5.91 Å². The Morgan fingerprint density at radius 2 is 1.83 bits per heavy atom. The molecule has 0 radical (unpaired) electrons. The number of nitrogens with one attached hydrogen (secondary N) is 1. The summed E-state index contributed by atoms with van der Waals surface area (Å²) in [5, 5.41) is 3.55. The molecule has 1 N–H and O–H groups in total. The summed E-state index contributed by atoms with van der Waals surface area (Å²) in [6.07, 6.45) is 4.64. The molecule has 1 amide bonds. The van der Waals surface area contributed by atoms with Crippen LogP contribution in [0.2, 0.25) is 5.02 Å². The molecule has 2 nitrogen and oxygen atoms in total. The lowest BCUT2D eigenvalue weighted by molar-refractivity contribution is -0.120. The van der Waals surface area contributed by atoms with Crippen LogP contribution < -0.4 is 5.32 Å². The second-order valence-electron chi connectivity index (χ2n) is 4.22. The Bertz CT molecular complexity index is 369. The normalized spacial score (nSPS) is 10.3. The van der Waals surface area contributed by atoms with E-state index in [1.165, 1.54) is 0 Å². The molecular weight excluding hydrogens is 269 g/mol. The first-order valence-electron chi connectivity index (χ1n) is 6.30. The van der Waals surface area contributed by atoms with Crippen LogP contribution in [-0.2, 0) is 11.2 Å². The van der Waals surface area contributed by atoms with Crippen molar-refractivity contribution in [3.8, 4) is 0 Å². The van der Waals surface area contributed by atoms with Gasteiger partial charge in [-0.2, -0.15) is 0 Å². The molecule has 0 aliphatic heterocycles. The number of hydrogen-bond donors (Lipinski definition) is 1. The van der Waals surface area contributed by atoms with Crippen molar-refractivity contribution < 1.29 is 4.79 Å². The number of alkyl halides is 1. The van der Waals surface area contributed by atoms with Gasteiger partial charge in [-0.25, -0.2) is 0 Å². The topological polar surface area (TPSA) is 29.1 Å². The smallest absolute Gasteiger partial charge is 0.224 e. The van der Waals surface area contributed by atoms with Crippen molar-refractivity contribution in [3.63, 3.8) is 0 Å².